The van der Waals surface area contributed by atoms with E-state index in [1.807, 2.05) is 6.07 Å². The highest BCUT2D eigenvalue weighted by molar-refractivity contribution is 6.55. The number of nitrogens with one attached hydrogen (secondary N) is 1. The molecular weight excluding hydrogens is 602 g/mol. The summed E-state index contributed by atoms with van der Waals surface area (Å²) >= 11 is 42.5. The molecule has 0 unspecified atom stereocenters. The zero-order chi connectivity index (χ0) is 25.3. The lowest BCUT2D eigenvalue weighted by molar-refractivity contribution is 0.0992. The molecule has 35 heavy (non-hydrogen) atoms. The monoisotopic (exact) mass is 611 g/mol. The van der Waals surface area contributed by atoms with E-state index in [2.05, 4.69) is 10.4 Å². The van der Waals surface area contributed by atoms with Crippen LogP contribution in [0.5, 0.6) is 5.75 Å². The number of halogens is 7. The molecular formula is C22H12Cl7N3O3. The van der Waals surface area contributed by atoms with Crippen LogP contribution in [-0.4, -0.2) is 15.7 Å². The van der Waals surface area contributed by atoms with E-state index in [9.17, 15) is 4.79 Å². The molecule has 0 spiro atoms. The quantitative estimate of drug-likeness (QED) is 0.167. The van der Waals surface area contributed by atoms with Gasteiger partial charge in [-0.05, 0) is 29.8 Å². The van der Waals surface area contributed by atoms with E-state index in [1.165, 1.54) is 6.07 Å². The van der Waals surface area contributed by atoms with Crippen molar-refractivity contribution in [2.45, 2.75) is 13.2 Å². The molecule has 4 rings (SSSR count). The first-order valence-electron chi connectivity index (χ1n) is 9.65. The van der Waals surface area contributed by atoms with Gasteiger partial charge in [0.2, 0.25) is 0 Å². The first-order chi connectivity index (χ1) is 16.6. The van der Waals surface area contributed by atoms with Crippen molar-refractivity contribution in [2.75, 3.05) is 5.32 Å². The lowest BCUT2D eigenvalue weighted by Gasteiger charge is -2.12. The lowest BCUT2D eigenvalue weighted by atomic mass is 10.2. The molecule has 4 aromatic rings. The molecule has 6 nitrogen and oxygen atoms in total. The summed E-state index contributed by atoms with van der Waals surface area (Å²) in [7, 11) is 0. The third-order valence-electron chi connectivity index (χ3n) is 4.64. The van der Waals surface area contributed by atoms with Crippen LogP contribution in [0.2, 0.25) is 35.2 Å². The number of carbonyl (C=O) groups is 1. The number of benzene rings is 2. The number of furan rings is 1. The Hall–Kier alpha value is -1.77. The maximum absolute atomic E-state index is 12.6. The molecule has 0 radical (unpaired) electrons. The number of carbonyl (C=O) groups excluding carboxylic acids is 1. The molecule has 2 aromatic heterocycles. The number of hydrogen-bond acceptors (Lipinski definition) is 4. The minimum absolute atomic E-state index is 0.00561. The number of amides is 1. The second-order valence-electron chi connectivity index (χ2n) is 7.04. The van der Waals surface area contributed by atoms with Crippen LogP contribution in [-0.2, 0) is 13.2 Å². The van der Waals surface area contributed by atoms with Gasteiger partial charge >= 0.3 is 0 Å². The van der Waals surface area contributed by atoms with Crippen molar-refractivity contribution in [3.63, 3.8) is 0 Å². The van der Waals surface area contributed by atoms with Crippen LogP contribution >= 0.6 is 81.2 Å². The Morgan fingerprint density at radius 3 is 2.29 bits per heavy atom. The van der Waals surface area contributed by atoms with Crippen LogP contribution < -0.4 is 10.1 Å². The number of nitrogens with zero attached hydrogens (tertiary/aromatic N) is 2. The van der Waals surface area contributed by atoms with Crippen molar-refractivity contribution in [3.05, 3.63) is 94.8 Å². The van der Waals surface area contributed by atoms with Gasteiger partial charge in [0, 0.05) is 22.3 Å². The minimum Gasteiger partial charge on any atom is -0.482 e. The van der Waals surface area contributed by atoms with Crippen LogP contribution in [0, 0.1) is 0 Å². The molecule has 182 valence electrons. The zero-order valence-electron chi connectivity index (χ0n) is 17.2. The van der Waals surface area contributed by atoms with Crippen LogP contribution in [0.15, 0.2) is 47.0 Å². The van der Waals surface area contributed by atoms with Gasteiger partial charge in [-0.1, -0.05) is 87.3 Å². The molecule has 0 bridgehead atoms. The fourth-order valence-electron chi connectivity index (χ4n) is 2.95. The Kier molecular flexibility index (Phi) is 8.34. The third kappa shape index (κ3) is 5.97. The van der Waals surface area contributed by atoms with E-state index in [1.54, 1.807) is 35.1 Å². The first kappa shape index (κ1) is 26.3. The van der Waals surface area contributed by atoms with E-state index >= 15 is 0 Å². The summed E-state index contributed by atoms with van der Waals surface area (Å²) in [6.07, 6.45) is 1.71. The summed E-state index contributed by atoms with van der Waals surface area (Å²) in [5.74, 6) is 0.245. The maximum atomic E-state index is 12.6. The average Bonchev–Trinajstić information content (AvgIpc) is 3.48. The third-order valence-corrected chi connectivity index (χ3v) is 7.47. The van der Waals surface area contributed by atoms with Gasteiger partial charge in [-0.15, -0.1) is 0 Å². The van der Waals surface area contributed by atoms with Crippen molar-refractivity contribution in [3.8, 4) is 5.75 Å². The van der Waals surface area contributed by atoms with Gasteiger partial charge in [0.15, 0.2) is 17.3 Å². The fraction of sp³-hybridized carbons (Fsp3) is 0.0909. The molecule has 2 heterocycles. The summed E-state index contributed by atoms with van der Waals surface area (Å²) in [5.41, 5.74) is 0.830. The average molecular weight is 615 g/mol. The molecule has 0 saturated heterocycles. The Morgan fingerprint density at radius 1 is 0.914 bits per heavy atom. The Balaban J connectivity index is 1.39. The predicted octanol–water partition coefficient (Wildman–Crippen LogP) is 8.93. The highest BCUT2D eigenvalue weighted by Crippen LogP contribution is 2.48. The lowest BCUT2D eigenvalue weighted by Crippen LogP contribution is -2.12. The summed E-state index contributed by atoms with van der Waals surface area (Å²) in [6.45, 7) is 0.301. The highest BCUT2D eigenvalue weighted by atomic mass is 35.5. The molecule has 1 amide bonds. The second-order valence-corrected chi connectivity index (χ2v) is 9.78. The fourth-order valence-corrected chi connectivity index (χ4v) is 4.65. The summed E-state index contributed by atoms with van der Waals surface area (Å²) in [4.78, 5) is 12.6. The number of ether oxygens (including phenoxy) is 1. The molecule has 0 fully saturated rings. The molecule has 1 N–H and O–H groups in total. The van der Waals surface area contributed by atoms with E-state index in [4.69, 9.17) is 90.4 Å². The number of hydrogen-bond donors (Lipinski definition) is 1. The summed E-state index contributed by atoms with van der Waals surface area (Å²) < 4.78 is 12.8. The van der Waals surface area contributed by atoms with Crippen LogP contribution in [0.4, 0.5) is 5.82 Å². The largest absolute Gasteiger partial charge is 0.482 e. The standard InChI is InChI=1S/C22H12Cl7N3O3/c23-11-2-1-10(13(24)7-11)8-32-6-5-15(31-32)30-22(33)14-4-3-12(35-14)9-34-21-19(28)17(26)16(25)18(27)20(21)29/h1-7H,8-9H2,(H,30,31,33). The van der Waals surface area contributed by atoms with Crippen molar-refractivity contribution in [1.29, 1.82) is 0 Å². The van der Waals surface area contributed by atoms with Crippen LogP contribution in [0.1, 0.15) is 21.9 Å². The number of rotatable bonds is 7. The smallest absolute Gasteiger partial charge is 0.292 e. The Labute approximate surface area is 234 Å². The minimum atomic E-state index is -0.500. The van der Waals surface area contributed by atoms with E-state index in [0.717, 1.165) is 5.56 Å². The predicted molar refractivity (Wildman–Crippen MR) is 140 cm³/mol. The number of aromatic nitrogens is 2. The zero-order valence-corrected chi connectivity index (χ0v) is 22.5. The van der Waals surface area contributed by atoms with Gasteiger partial charge in [0.05, 0.1) is 21.6 Å². The van der Waals surface area contributed by atoms with E-state index < -0.39 is 5.91 Å². The first-order valence-corrected chi connectivity index (χ1v) is 12.3. The summed E-state index contributed by atoms with van der Waals surface area (Å²) in [6, 6.07) is 9.91. The maximum Gasteiger partial charge on any atom is 0.292 e. The van der Waals surface area contributed by atoms with E-state index in [-0.39, 0.29) is 43.2 Å². The molecule has 0 aliphatic carbocycles. The number of anilines is 1. The molecule has 0 aliphatic heterocycles. The van der Waals surface area contributed by atoms with Crippen LogP contribution in [0.25, 0.3) is 0 Å². The van der Waals surface area contributed by atoms with Crippen LogP contribution in [0.3, 0.4) is 0 Å². The van der Waals surface area contributed by atoms with Crippen molar-refractivity contribution < 1.29 is 13.9 Å². The summed E-state index contributed by atoms with van der Waals surface area (Å²) in [5, 5.41) is 8.10. The topological polar surface area (TPSA) is 69.3 Å². The molecule has 13 heteroatoms. The molecule has 0 saturated carbocycles. The highest BCUT2D eigenvalue weighted by Gasteiger charge is 2.21. The van der Waals surface area contributed by atoms with Gasteiger partial charge in [-0.3, -0.25) is 9.48 Å². The Morgan fingerprint density at radius 2 is 1.60 bits per heavy atom. The van der Waals surface area contributed by atoms with Crippen molar-refractivity contribution in [2.24, 2.45) is 0 Å². The molecule has 2 aromatic carbocycles. The SMILES string of the molecule is O=C(Nc1ccn(Cc2ccc(Cl)cc2Cl)n1)c1ccc(COc2c(Cl)c(Cl)c(Cl)c(Cl)c2Cl)o1. The van der Waals surface area contributed by atoms with E-state index in [0.29, 0.717) is 28.2 Å². The van der Waals surface area contributed by atoms with Gasteiger partial charge in [-0.25, -0.2) is 0 Å². The van der Waals surface area contributed by atoms with Gasteiger partial charge in [0.25, 0.3) is 5.91 Å². The van der Waals surface area contributed by atoms with Crippen molar-refractivity contribution >= 4 is 92.9 Å². The molecule has 0 aliphatic rings. The molecule has 0 atom stereocenters. The second kappa shape index (κ2) is 11.1. The Bertz CT molecular complexity index is 1390. The van der Waals surface area contributed by atoms with Gasteiger partial charge in [-0.2, -0.15) is 5.10 Å². The van der Waals surface area contributed by atoms with Gasteiger partial charge < -0.3 is 14.5 Å². The van der Waals surface area contributed by atoms with Gasteiger partial charge in [0.1, 0.15) is 22.4 Å². The van der Waals surface area contributed by atoms with Crippen molar-refractivity contribution in [1.82, 2.24) is 9.78 Å². The normalized spacial score (nSPS) is 11.1.